The summed E-state index contributed by atoms with van der Waals surface area (Å²) < 4.78 is 5.87. The number of carboxylic acids is 1. The van der Waals surface area contributed by atoms with E-state index in [1.807, 2.05) is 6.07 Å². The summed E-state index contributed by atoms with van der Waals surface area (Å²) in [5.41, 5.74) is 3.57. The van der Waals surface area contributed by atoms with Crippen LogP contribution in [0.2, 0.25) is 0 Å². The second-order valence-electron chi connectivity index (χ2n) is 4.46. The molecule has 7 heteroatoms. The minimum atomic E-state index is -1.05. The Hall–Kier alpha value is -2.67. The van der Waals surface area contributed by atoms with E-state index in [2.05, 4.69) is 26.5 Å². The molecule has 0 saturated carbocycles. The van der Waals surface area contributed by atoms with Gasteiger partial charge in [0, 0.05) is 10.0 Å². The normalized spacial score (nSPS) is 10.5. The Morgan fingerprint density at radius 1 is 1.22 bits per heavy atom. The molecule has 0 aliphatic carbocycles. The molecule has 0 unspecified atom stereocenters. The fourth-order valence-corrected chi connectivity index (χ4v) is 2.09. The van der Waals surface area contributed by atoms with Gasteiger partial charge in [0.1, 0.15) is 5.75 Å². The number of hydrazone groups is 1. The summed E-state index contributed by atoms with van der Waals surface area (Å²) in [7, 11) is 0. The van der Waals surface area contributed by atoms with Crippen molar-refractivity contribution in [2.45, 2.75) is 0 Å². The average molecular weight is 377 g/mol. The lowest BCUT2D eigenvalue weighted by molar-refractivity contribution is -0.139. The first-order valence-corrected chi connectivity index (χ1v) is 7.37. The molecule has 2 rings (SSSR count). The quantitative estimate of drug-likeness (QED) is 0.599. The minimum absolute atomic E-state index is 0.333. The highest BCUT2D eigenvalue weighted by Gasteiger charge is 2.04. The second-order valence-corrected chi connectivity index (χ2v) is 5.38. The van der Waals surface area contributed by atoms with Crippen LogP contribution in [0.4, 0.5) is 0 Å². The van der Waals surface area contributed by atoms with E-state index in [9.17, 15) is 9.59 Å². The van der Waals surface area contributed by atoms with Crippen LogP contribution in [0.3, 0.4) is 0 Å². The maximum atomic E-state index is 11.9. The van der Waals surface area contributed by atoms with E-state index in [-0.39, 0.29) is 5.91 Å². The summed E-state index contributed by atoms with van der Waals surface area (Å²) in [5.74, 6) is -0.971. The van der Waals surface area contributed by atoms with Gasteiger partial charge in [-0.15, -0.1) is 0 Å². The molecule has 0 aliphatic heterocycles. The number of benzene rings is 2. The van der Waals surface area contributed by atoms with Crippen molar-refractivity contribution in [3.8, 4) is 5.75 Å². The molecule has 0 atom stereocenters. The Kier molecular flexibility index (Phi) is 5.87. The first kappa shape index (κ1) is 16.7. The van der Waals surface area contributed by atoms with Gasteiger partial charge in [0.2, 0.25) is 0 Å². The molecule has 0 radical (unpaired) electrons. The van der Waals surface area contributed by atoms with Crippen molar-refractivity contribution in [1.29, 1.82) is 0 Å². The van der Waals surface area contributed by atoms with Crippen LogP contribution < -0.4 is 10.2 Å². The SMILES string of the molecule is O=C(O)COc1cccc(C=NNC(=O)c2cccc(Br)c2)c1. The van der Waals surface area contributed by atoms with Gasteiger partial charge in [-0.1, -0.05) is 34.1 Å². The van der Waals surface area contributed by atoms with E-state index in [0.717, 1.165) is 4.47 Å². The van der Waals surface area contributed by atoms with Gasteiger partial charge in [-0.05, 0) is 35.9 Å². The van der Waals surface area contributed by atoms with Gasteiger partial charge < -0.3 is 9.84 Å². The molecule has 0 bridgehead atoms. The zero-order valence-electron chi connectivity index (χ0n) is 11.9. The molecule has 0 aromatic heterocycles. The predicted octanol–water partition coefficient (Wildman–Crippen LogP) is 2.68. The highest BCUT2D eigenvalue weighted by Crippen LogP contribution is 2.12. The topological polar surface area (TPSA) is 88.0 Å². The molecule has 2 N–H and O–H groups in total. The maximum Gasteiger partial charge on any atom is 0.341 e. The average Bonchev–Trinajstić information content (AvgIpc) is 2.53. The van der Waals surface area contributed by atoms with Crippen LogP contribution in [0.5, 0.6) is 5.75 Å². The third-order valence-electron chi connectivity index (χ3n) is 2.69. The molecule has 0 spiro atoms. The van der Waals surface area contributed by atoms with Crippen LogP contribution in [-0.2, 0) is 4.79 Å². The minimum Gasteiger partial charge on any atom is -0.482 e. The molecule has 1 amide bonds. The number of hydrogen-bond acceptors (Lipinski definition) is 4. The van der Waals surface area contributed by atoms with Crippen LogP contribution >= 0.6 is 15.9 Å². The van der Waals surface area contributed by atoms with Crippen molar-refractivity contribution >= 4 is 34.0 Å². The van der Waals surface area contributed by atoms with Crippen molar-refractivity contribution in [2.75, 3.05) is 6.61 Å². The van der Waals surface area contributed by atoms with E-state index in [1.54, 1.807) is 42.5 Å². The molecule has 0 aliphatic rings. The zero-order valence-corrected chi connectivity index (χ0v) is 13.5. The summed E-state index contributed by atoms with van der Waals surface area (Å²) in [6, 6.07) is 13.7. The van der Waals surface area contributed by atoms with Crippen molar-refractivity contribution in [1.82, 2.24) is 5.43 Å². The van der Waals surface area contributed by atoms with Gasteiger partial charge in [0.25, 0.3) is 5.91 Å². The van der Waals surface area contributed by atoms with E-state index in [4.69, 9.17) is 9.84 Å². The molecule has 2 aromatic rings. The van der Waals surface area contributed by atoms with Gasteiger partial charge in [-0.2, -0.15) is 5.10 Å². The summed E-state index contributed by atoms with van der Waals surface area (Å²) >= 11 is 3.29. The number of carboxylic acid groups (broad SMARTS) is 1. The van der Waals surface area contributed by atoms with E-state index < -0.39 is 12.6 Å². The van der Waals surface area contributed by atoms with Gasteiger partial charge in [0.15, 0.2) is 6.61 Å². The van der Waals surface area contributed by atoms with E-state index in [1.165, 1.54) is 6.21 Å². The van der Waals surface area contributed by atoms with Crippen LogP contribution in [0.1, 0.15) is 15.9 Å². The molecule has 118 valence electrons. The number of nitrogens with one attached hydrogen (secondary N) is 1. The largest absolute Gasteiger partial charge is 0.482 e. The number of carbonyl (C=O) groups is 2. The van der Waals surface area contributed by atoms with Gasteiger partial charge in [-0.25, -0.2) is 10.2 Å². The monoisotopic (exact) mass is 376 g/mol. The van der Waals surface area contributed by atoms with Gasteiger partial charge in [0.05, 0.1) is 6.21 Å². The Balaban J connectivity index is 1.96. The van der Waals surface area contributed by atoms with Crippen LogP contribution in [0, 0.1) is 0 Å². The maximum absolute atomic E-state index is 11.9. The molecule has 0 saturated heterocycles. The number of amides is 1. The highest BCUT2D eigenvalue weighted by atomic mass is 79.9. The third-order valence-corrected chi connectivity index (χ3v) is 3.18. The lowest BCUT2D eigenvalue weighted by Crippen LogP contribution is -2.17. The summed E-state index contributed by atoms with van der Waals surface area (Å²) in [6.45, 7) is -0.416. The molecule has 23 heavy (non-hydrogen) atoms. The van der Waals surface area contributed by atoms with Crippen LogP contribution in [0.25, 0.3) is 0 Å². The summed E-state index contributed by atoms with van der Waals surface area (Å²) in [4.78, 5) is 22.4. The fourth-order valence-electron chi connectivity index (χ4n) is 1.69. The number of nitrogens with zero attached hydrogens (tertiary/aromatic N) is 1. The van der Waals surface area contributed by atoms with Crippen molar-refractivity contribution in [3.05, 3.63) is 64.1 Å². The van der Waals surface area contributed by atoms with Crippen molar-refractivity contribution < 1.29 is 19.4 Å². The summed E-state index contributed by atoms with van der Waals surface area (Å²) in [6.07, 6.45) is 1.45. The Labute approximate surface area is 140 Å². The highest BCUT2D eigenvalue weighted by molar-refractivity contribution is 9.10. The lowest BCUT2D eigenvalue weighted by Gasteiger charge is -2.03. The fraction of sp³-hybridized carbons (Fsp3) is 0.0625. The molecule has 0 fully saturated rings. The smallest absolute Gasteiger partial charge is 0.341 e. The first-order chi connectivity index (χ1) is 11.0. The van der Waals surface area contributed by atoms with Crippen molar-refractivity contribution in [3.63, 3.8) is 0 Å². The number of rotatable bonds is 6. The number of hydrogen-bond donors (Lipinski definition) is 2. The van der Waals surface area contributed by atoms with Gasteiger partial charge >= 0.3 is 5.97 Å². The Morgan fingerprint density at radius 3 is 2.74 bits per heavy atom. The zero-order chi connectivity index (χ0) is 16.7. The third kappa shape index (κ3) is 5.55. The molecule has 0 heterocycles. The first-order valence-electron chi connectivity index (χ1n) is 6.58. The predicted molar refractivity (Wildman–Crippen MR) is 88.8 cm³/mol. The summed E-state index contributed by atoms with van der Waals surface area (Å²) in [5, 5.41) is 12.4. The standard InChI is InChI=1S/C16H13BrN2O4/c17-13-5-2-4-12(8-13)16(22)19-18-9-11-3-1-6-14(7-11)23-10-15(20)21/h1-9H,10H2,(H,19,22)(H,20,21). The van der Waals surface area contributed by atoms with Crippen LogP contribution in [-0.4, -0.2) is 29.8 Å². The van der Waals surface area contributed by atoms with Crippen LogP contribution in [0.15, 0.2) is 58.1 Å². The molecule has 2 aromatic carbocycles. The van der Waals surface area contributed by atoms with E-state index in [0.29, 0.717) is 16.9 Å². The molecular formula is C16H13BrN2O4. The molecule has 6 nitrogen and oxygen atoms in total. The van der Waals surface area contributed by atoms with Crippen molar-refractivity contribution in [2.24, 2.45) is 5.10 Å². The number of aliphatic carboxylic acids is 1. The molecular weight excluding hydrogens is 364 g/mol. The number of carbonyl (C=O) groups excluding carboxylic acids is 1. The Bertz CT molecular complexity index is 746. The van der Waals surface area contributed by atoms with E-state index >= 15 is 0 Å². The second kappa shape index (κ2) is 8.09. The lowest BCUT2D eigenvalue weighted by atomic mass is 10.2. The number of halogens is 1. The Morgan fingerprint density at radius 2 is 2.00 bits per heavy atom. The number of ether oxygens (including phenoxy) is 1. The van der Waals surface area contributed by atoms with Gasteiger partial charge in [-0.3, -0.25) is 4.79 Å².